The lowest BCUT2D eigenvalue weighted by atomic mass is 9.79. The number of likely N-dealkylation sites (tertiary alicyclic amines) is 1. The third kappa shape index (κ3) is 3.86. The van der Waals surface area contributed by atoms with E-state index in [2.05, 4.69) is 5.32 Å². The van der Waals surface area contributed by atoms with Crippen LogP contribution >= 0.6 is 0 Å². The quantitative estimate of drug-likeness (QED) is 0.696. The van der Waals surface area contributed by atoms with Gasteiger partial charge in [0, 0.05) is 19.6 Å². The molecule has 7 heteroatoms. The SMILES string of the molecule is NC(=O)C1CCN(C(=O)NCC2CCCCC2C(=O)O)C1. The zero-order valence-corrected chi connectivity index (χ0v) is 12.1. The van der Waals surface area contributed by atoms with Crippen LogP contribution in [0.1, 0.15) is 32.1 Å². The Bertz CT molecular complexity index is 426. The van der Waals surface area contributed by atoms with Gasteiger partial charge in [-0.3, -0.25) is 9.59 Å². The average molecular weight is 297 g/mol. The standard InChI is InChI=1S/C14H23N3O4/c15-12(18)10-5-6-17(8-10)14(21)16-7-9-3-1-2-4-11(9)13(19)20/h9-11H,1-8H2,(H2,15,18)(H,16,21)(H,19,20). The summed E-state index contributed by atoms with van der Waals surface area (Å²) in [5.41, 5.74) is 5.24. The molecule has 1 saturated carbocycles. The Balaban J connectivity index is 1.81. The van der Waals surface area contributed by atoms with Crippen molar-refractivity contribution in [1.29, 1.82) is 0 Å². The summed E-state index contributed by atoms with van der Waals surface area (Å²) in [6.45, 7) is 1.26. The van der Waals surface area contributed by atoms with Gasteiger partial charge in [0.1, 0.15) is 0 Å². The van der Waals surface area contributed by atoms with Gasteiger partial charge >= 0.3 is 12.0 Å². The van der Waals surface area contributed by atoms with E-state index in [0.29, 0.717) is 32.5 Å². The monoisotopic (exact) mass is 297 g/mol. The van der Waals surface area contributed by atoms with Gasteiger partial charge in [0.25, 0.3) is 0 Å². The molecule has 1 aliphatic carbocycles. The minimum atomic E-state index is -0.774. The van der Waals surface area contributed by atoms with E-state index in [-0.39, 0.29) is 29.7 Å². The molecular formula is C14H23N3O4. The summed E-state index contributed by atoms with van der Waals surface area (Å²) in [5.74, 6) is -1.78. The second-order valence-electron chi connectivity index (χ2n) is 6.01. The van der Waals surface area contributed by atoms with Crippen LogP contribution < -0.4 is 11.1 Å². The molecular weight excluding hydrogens is 274 g/mol. The molecule has 0 radical (unpaired) electrons. The molecule has 0 bridgehead atoms. The van der Waals surface area contributed by atoms with E-state index >= 15 is 0 Å². The number of carboxylic acid groups (broad SMARTS) is 1. The van der Waals surface area contributed by atoms with Crippen molar-refractivity contribution in [2.24, 2.45) is 23.5 Å². The summed E-state index contributed by atoms with van der Waals surface area (Å²) >= 11 is 0. The van der Waals surface area contributed by atoms with Crippen LogP contribution in [0.4, 0.5) is 4.79 Å². The first kappa shape index (κ1) is 15.6. The van der Waals surface area contributed by atoms with Crippen molar-refractivity contribution in [3.05, 3.63) is 0 Å². The van der Waals surface area contributed by atoms with E-state index in [0.717, 1.165) is 19.3 Å². The zero-order valence-electron chi connectivity index (χ0n) is 12.1. The lowest BCUT2D eigenvalue weighted by Gasteiger charge is -2.29. The van der Waals surface area contributed by atoms with Crippen LogP contribution in [0.5, 0.6) is 0 Å². The highest BCUT2D eigenvalue weighted by atomic mass is 16.4. The molecule has 21 heavy (non-hydrogen) atoms. The van der Waals surface area contributed by atoms with Crippen LogP contribution in [-0.4, -0.2) is 47.5 Å². The van der Waals surface area contributed by atoms with Gasteiger partial charge in [0.15, 0.2) is 0 Å². The summed E-state index contributed by atoms with van der Waals surface area (Å²) in [5, 5.41) is 12.0. The number of carboxylic acids is 1. The van der Waals surface area contributed by atoms with Gasteiger partial charge in [-0.2, -0.15) is 0 Å². The molecule has 3 unspecified atom stereocenters. The molecule has 1 heterocycles. The summed E-state index contributed by atoms with van der Waals surface area (Å²) < 4.78 is 0. The number of carbonyl (C=O) groups is 3. The van der Waals surface area contributed by atoms with Crippen LogP contribution in [0.25, 0.3) is 0 Å². The van der Waals surface area contributed by atoms with Crippen molar-refractivity contribution in [3.63, 3.8) is 0 Å². The topological polar surface area (TPSA) is 113 Å². The number of nitrogens with two attached hydrogens (primary N) is 1. The van der Waals surface area contributed by atoms with Crippen molar-refractivity contribution in [1.82, 2.24) is 10.2 Å². The molecule has 3 amide bonds. The van der Waals surface area contributed by atoms with Gasteiger partial charge in [0.2, 0.25) is 5.91 Å². The molecule has 0 aromatic carbocycles. The van der Waals surface area contributed by atoms with E-state index in [1.165, 1.54) is 0 Å². The lowest BCUT2D eigenvalue weighted by Crippen LogP contribution is -2.43. The number of primary amides is 1. The number of nitrogens with zero attached hydrogens (tertiary/aromatic N) is 1. The smallest absolute Gasteiger partial charge is 0.317 e. The van der Waals surface area contributed by atoms with Crippen molar-refractivity contribution < 1.29 is 19.5 Å². The molecule has 0 spiro atoms. The van der Waals surface area contributed by atoms with Crippen LogP contribution in [0.15, 0.2) is 0 Å². The Morgan fingerprint density at radius 3 is 2.52 bits per heavy atom. The molecule has 0 aromatic heterocycles. The fraction of sp³-hybridized carbons (Fsp3) is 0.786. The van der Waals surface area contributed by atoms with Crippen molar-refractivity contribution in [2.45, 2.75) is 32.1 Å². The molecule has 118 valence electrons. The minimum absolute atomic E-state index is 0.00487. The van der Waals surface area contributed by atoms with Gasteiger partial charge in [-0.15, -0.1) is 0 Å². The Kier molecular flexibility index (Phi) is 5.03. The van der Waals surface area contributed by atoms with Gasteiger partial charge < -0.3 is 21.1 Å². The maximum atomic E-state index is 12.0. The summed E-state index contributed by atoms with van der Waals surface area (Å²) in [4.78, 5) is 35.9. The molecule has 7 nitrogen and oxygen atoms in total. The first-order chi connectivity index (χ1) is 9.99. The Labute approximate surface area is 123 Å². The average Bonchev–Trinajstić information content (AvgIpc) is 2.95. The van der Waals surface area contributed by atoms with E-state index in [4.69, 9.17) is 5.73 Å². The fourth-order valence-corrected chi connectivity index (χ4v) is 3.28. The van der Waals surface area contributed by atoms with Crippen LogP contribution in [0, 0.1) is 17.8 Å². The van der Waals surface area contributed by atoms with E-state index in [1.54, 1.807) is 4.90 Å². The van der Waals surface area contributed by atoms with Crippen LogP contribution in [0.2, 0.25) is 0 Å². The Morgan fingerprint density at radius 1 is 1.19 bits per heavy atom. The molecule has 4 N–H and O–H groups in total. The molecule has 0 aromatic rings. The number of hydrogen-bond donors (Lipinski definition) is 3. The summed E-state index contributed by atoms with van der Waals surface area (Å²) in [7, 11) is 0. The highest BCUT2D eigenvalue weighted by molar-refractivity contribution is 5.80. The van der Waals surface area contributed by atoms with Crippen molar-refractivity contribution >= 4 is 17.9 Å². The van der Waals surface area contributed by atoms with E-state index in [1.807, 2.05) is 0 Å². The molecule has 2 aliphatic rings. The Morgan fingerprint density at radius 2 is 1.90 bits per heavy atom. The number of amides is 3. The maximum absolute atomic E-state index is 12.0. The van der Waals surface area contributed by atoms with Gasteiger partial charge in [-0.05, 0) is 25.2 Å². The predicted octanol–water partition coefficient (Wildman–Crippen LogP) is 0.394. The highest BCUT2D eigenvalue weighted by Crippen LogP contribution is 2.29. The number of carbonyl (C=O) groups excluding carboxylic acids is 2. The van der Waals surface area contributed by atoms with E-state index < -0.39 is 5.97 Å². The van der Waals surface area contributed by atoms with Gasteiger partial charge in [-0.1, -0.05) is 12.8 Å². The van der Waals surface area contributed by atoms with E-state index in [9.17, 15) is 19.5 Å². The first-order valence-electron chi connectivity index (χ1n) is 7.54. The highest BCUT2D eigenvalue weighted by Gasteiger charge is 2.33. The predicted molar refractivity (Wildman–Crippen MR) is 75.4 cm³/mol. The summed E-state index contributed by atoms with van der Waals surface area (Å²) in [6.07, 6.45) is 4.07. The lowest BCUT2D eigenvalue weighted by molar-refractivity contribution is -0.144. The number of nitrogens with one attached hydrogen (secondary N) is 1. The van der Waals surface area contributed by atoms with Crippen LogP contribution in [-0.2, 0) is 9.59 Å². The number of urea groups is 1. The minimum Gasteiger partial charge on any atom is -0.481 e. The fourth-order valence-electron chi connectivity index (χ4n) is 3.28. The molecule has 3 atom stereocenters. The van der Waals surface area contributed by atoms with Gasteiger partial charge in [0.05, 0.1) is 11.8 Å². The third-order valence-corrected chi connectivity index (χ3v) is 4.62. The third-order valence-electron chi connectivity index (χ3n) is 4.62. The molecule has 2 fully saturated rings. The van der Waals surface area contributed by atoms with Crippen LogP contribution in [0.3, 0.4) is 0 Å². The number of rotatable bonds is 4. The molecule has 1 saturated heterocycles. The second kappa shape index (κ2) is 6.78. The number of aliphatic carboxylic acids is 1. The molecule has 1 aliphatic heterocycles. The normalized spacial score (nSPS) is 29.1. The van der Waals surface area contributed by atoms with Gasteiger partial charge in [-0.25, -0.2) is 4.79 Å². The number of hydrogen-bond acceptors (Lipinski definition) is 3. The summed E-state index contributed by atoms with van der Waals surface area (Å²) in [6, 6.07) is -0.228. The first-order valence-corrected chi connectivity index (χ1v) is 7.54. The maximum Gasteiger partial charge on any atom is 0.317 e. The second-order valence-corrected chi connectivity index (χ2v) is 6.01. The zero-order chi connectivity index (χ0) is 15.4. The Hall–Kier alpha value is -1.79. The molecule has 2 rings (SSSR count). The van der Waals surface area contributed by atoms with Crippen molar-refractivity contribution in [3.8, 4) is 0 Å². The largest absolute Gasteiger partial charge is 0.481 e. The van der Waals surface area contributed by atoms with Crippen molar-refractivity contribution in [2.75, 3.05) is 19.6 Å².